The summed E-state index contributed by atoms with van der Waals surface area (Å²) in [5.74, 6) is 0.376. The first-order chi connectivity index (χ1) is 9.04. The highest BCUT2D eigenvalue weighted by Crippen LogP contribution is 2.33. The van der Waals surface area contributed by atoms with Gasteiger partial charge in [0.25, 0.3) is 0 Å². The minimum Gasteiger partial charge on any atom is -0.402 e. The average Bonchev–Trinajstić information content (AvgIpc) is 2.26. The monoisotopic (exact) mass is 282 g/mol. The largest absolute Gasteiger partial charge is 0.516 e. The van der Waals surface area contributed by atoms with Crippen LogP contribution in [-0.4, -0.2) is 13.0 Å². The van der Waals surface area contributed by atoms with E-state index in [1.54, 1.807) is 12.1 Å². The number of carbonyl (C=O) groups is 1. The third-order valence-electron chi connectivity index (χ3n) is 3.01. The lowest BCUT2D eigenvalue weighted by atomic mass is 9.80. The fraction of sp³-hybridized carbons (Fsp3) is 0.562. The van der Waals surface area contributed by atoms with Crippen LogP contribution >= 0.6 is 0 Å². The predicted molar refractivity (Wildman–Crippen MR) is 76.9 cm³/mol. The highest BCUT2D eigenvalue weighted by atomic mass is 19.1. The van der Waals surface area contributed by atoms with Crippen molar-refractivity contribution in [2.75, 3.05) is 6.86 Å². The molecule has 1 aromatic rings. The Labute approximate surface area is 120 Å². The summed E-state index contributed by atoms with van der Waals surface area (Å²) in [6.45, 7) is 11.3. The highest BCUT2D eigenvalue weighted by Gasteiger charge is 2.21. The molecule has 0 atom stereocenters. The van der Waals surface area contributed by atoms with Crippen molar-refractivity contribution in [1.82, 2.24) is 0 Å². The van der Waals surface area contributed by atoms with Gasteiger partial charge in [-0.1, -0.05) is 47.6 Å². The first kappa shape index (κ1) is 16.5. The van der Waals surface area contributed by atoms with Crippen molar-refractivity contribution in [3.63, 3.8) is 0 Å². The zero-order valence-electron chi connectivity index (χ0n) is 13.0. The molecule has 0 aromatic heterocycles. The summed E-state index contributed by atoms with van der Waals surface area (Å²) < 4.78 is 21.2. The Bertz CT molecular complexity index is 449. The van der Waals surface area contributed by atoms with Crippen molar-refractivity contribution in [3.8, 4) is 5.75 Å². The number of hydrogen-bond donors (Lipinski definition) is 0. The van der Waals surface area contributed by atoms with Gasteiger partial charge in [-0.15, -0.1) is 0 Å². The van der Waals surface area contributed by atoms with E-state index in [9.17, 15) is 9.18 Å². The molecule has 0 aliphatic carbocycles. The molecule has 0 unspecified atom stereocenters. The number of carbonyl (C=O) groups excluding carboxylic acids is 1. The first-order valence-electron chi connectivity index (χ1n) is 6.60. The summed E-state index contributed by atoms with van der Waals surface area (Å²) in [6.07, 6.45) is -1.03. The van der Waals surface area contributed by atoms with E-state index in [0.717, 1.165) is 11.1 Å². The number of ether oxygens (including phenoxy) is 2. The molecule has 0 spiro atoms. The van der Waals surface area contributed by atoms with E-state index in [1.165, 1.54) is 0 Å². The number of rotatable bonds is 2. The van der Waals surface area contributed by atoms with Gasteiger partial charge in [0, 0.05) is 0 Å². The lowest BCUT2D eigenvalue weighted by molar-refractivity contribution is 0.0609. The van der Waals surface area contributed by atoms with E-state index in [-0.39, 0.29) is 10.8 Å². The molecule has 0 radical (unpaired) electrons. The van der Waals surface area contributed by atoms with Gasteiger partial charge in [-0.25, -0.2) is 9.18 Å². The molecule has 0 heterocycles. The first-order valence-corrected chi connectivity index (χ1v) is 6.60. The quantitative estimate of drug-likeness (QED) is 0.581. The van der Waals surface area contributed by atoms with Crippen LogP contribution in [-0.2, 0) is 15.6 Å². The summed E-state index contributed by atoms with van der Waals surface area (Å²) in [4.78, 5) is 11.2. The molecule has 4 heteroatoms. The van der Waals surface area contributed by atoms with E-state index in [2.05, 4.69) is 52.3 Å². The van der Waals surface area contributed by atoms with Crippen LogP contribution in [0.3, 0.4) is 0 Å². The summed E-state index contributed by atoms with van der Waals surface area (Å²) >= 11 is 0. The van der Waals surface area contributed by atoms with Crippen molar-refractivity contribution in [1.29, 1.82) is 0 Å². The van der Waals surface area contributed by atoms with Gasteiger partial charge in [0.05, 0.1) is 0 Å². The normalized spacial score (nSPS) is 12.2. The summed E-state index contributed by atoms with van der Waals surface area (Å²) in [5.41, 5.74) is 1.94. The standard InChI is InChI=1S/C16H23FO3/c1-15(2,3)11-7-12(16(4,5)6)9-13(8-11)20-14(18)19-10-17/h7-9H,10H2,1-6H3. The van der Waals surface area contributed by atoms with Crippen LogP contribution in [0.15, 0.2) is 18.2 Å². The molecule has 1 rings (SSSR count). The van der Waals surface area contributed by atoms with Crippen molar-refractivity contribution < 1.29 is 18.7 Å². The van der Waals surface area contributed by atoms with Gasteiger partial charge in [-0.2, -0.15) is 0 Å². The second kappa shape index (κ2) is 5.81. The van der Waals surface area contributed by atoms with E-state index in [0.29, 0.717) is 5.75 Å². The second-order valence-electron chi connectivity index (χ2n) is 6.85. The van der Waals surface area contributed by atoms with Crippen LogP contribution in [0, 0.1) is 0 Å². The Kier molecular flexibility index (Phi) is 4.79. The maximum absolute atomic E-state index is 12.0. The molecule has 0 fully saturated rings. The summed E-state index contributed by atoms with van der Waals surface area (Å²) in [6, 6.07) is 5.68. The molecular weight excluding hydrogens is 259 g/mol. The molecule has 1 aromatic carbocycles. The molecule has 0 saturated heterocycles. The van der Waals surface area contributed by atoms with Gasteiger partial charge in [0.15, 0.2) is 0 Å². The highest BCUT2D eigenvalue weighted by molar-refractivity contribution is 5.64. The second-order valence-corrected chi connectivity index (χ2v) is 6.85. The molecule has 0 saturated carbocycles. The molecule has 3 nitrogen and oxygen atoms in total. The van der Waals surface area contributed by atoms with E-state index in [1.807, 2.05) is 0 Å². The number of alkyl halides is 1. The maximum atomic E-state index is 12.0. The van der Waals surface area contributed by atoms with Crippen LogP contribution < -0.4 is 4.74 Å². The van der Waals surface area contributed by atoms with Gasteiger partial charge in [0.2, 0.25) is 6.86 Å². The smallest absolute Gasteiger partial charge is 0.402 e. The van der Waals surface area contributed by atoms with Crippen molar-refractivity contribution in [2.45, 2.75) is 52.4 Å². The van der Waals surface area contributed by atoms with Crippen LogP contribution in [0.25, 0.3) is 0 Å². The van der Waals surface area contributed by atoms with Crippen LogP contribution in [0.4, 0.5) is 9.18 Å². The van der Waals surface area contributed by atoms with E-state index in [4.69, 9.17) is 4.74 Å². The van der Waals surface area contributed by atoms with Gasteiger partial charge in [-0.05, 0) is 34.1 Å². The van der Waals surface area contributed by atoms with E-state index >= 15 is 0 Å². The molecule has 0 aliphatic heterocycles. The fourth-order valence-corrected chi connectivity index (χ4v) is 1.69. The average molecular weight is 282 g/mol. The van der Waals surface area contributed by atoms with Gasteiger partial charge >= 0.3 is 6.16 Å². The lowest BCUT2D eigenvalue weighted by Crippen LogP contribution is -2.18. The molecule has 0 bridgehead atoms. The third-order valence-corrected chi connectivity index (χ3v) is 3.01. The molecule has 0 aliphatic rings. The predicted octanol–water partition coefficient (Wildman–Crippen LogP) is 4.72. The van der Waals surface area contributed by atoms with Crippen molar-refractivity contribution in [2.24, 2.45) is 0 Å². The van der Waals surface area contributed by atoms with Crippen LogP contribution in [0.2, 0.25) is 0 Å². The molecular formula is C16H23FO3. The number of benzene rings is 1. The fourth-order valence-electron chi connectivity index (χ4n) is 1.69. The van der Waals surface area contributed by atoms with Gasteiger partial charge < -0.3 is 9.47 Å². The number of halogens is 1. The zero-order chi connectivity index (χ0) is 15.6. The summed E-state index contributed by atoms with van der Waals surface area (Å²) in [7, 11) is 0. The zero-order valence-corrected chi connectivity index (χ0v) is 13.0. The lowest BCUT2D eigenvalue weighted by Gasteiger charge is -2.25. The SMILES string of the molecule is CC(C)(C)c1cc(OC(=O)OCF)cc(C(C)(C)C)c1. The maximum Gasteiger partial charge on any atom is 0.516 e. The van der Waals surface area contributed by atoms with Crippen molar-refractivity contribution >= 4 is 6.16 Å². The molecule has 0 amide bonds. The Hall–Kier alpha value is -1.58. The Morgan fingerprint density at radius 2 is 1.45 bits per heavy atom. The minimum absolute atomic E-state index is 0.0800. The summed E-state index contributed by atoms with van der Waals surface area (Å²) in [5, 5.41) is 0. The van der Waals surface area contributed by atoms with Crippen LogP contribution in [0.5, 0.6) is 5.75 Å². The van der Waals surface area contributed by atoms with E-state index < -0.39 is 13.0 Å². The Morgan fingerprint density at radius 3 is 1.80 bits per heavy atom. The number of hydrogen-bond acceptors (Lipinski definition) is 3. The van der Waals surface area contributed by atoms with Gasteiger partial charge in [-0.3, -0.25) is 0 Å². The van der Waals surface area contributed by atoms with Crippen LogP contribution in [0.1, 0.15) is 52.7 Å². The molecule has 20 heavy (non-hydrogen) atoms. The van der Waals surface area contributed by atoms with Crippen molar-refractivity contribution in [3.05, 3.63) is 29.3 Å². The topological polar surface area (TPSA) is 35.5 Å². The molecule has 112 valence electrons. The molecule has 0 N–H and O–H groups in total. The Morgan fingerprint density at radius 1 is 1.00 bits per heavy atom. The minimum atomic E-state index is -1.19. The van der Waals surface area contributed by atoms with Gasteiger partial charge in [0.1, 0.15) is 5.75 Å². The third kappa shape index (κ3) is 4.51. The Balaban J connectivity index is 3.21.